The van der Waals surface area contributed by atoms with Gasteiger partial charge in [0.1, 0.15) is 11.6 Å². The molecule has 2 rings (SSSR count). The van der Waals surface area contributed by atoms with Crippen molar-refractivity contribution in [2.45, 2.75) is 25.8 Å². The van der Waals surface area contributed by atoms with E-state index in [0.29, 0.717) is 12.0 Å². The van der Waals surface area contributed by atoms with Gasteiger partial charge in [0.25, 0.3) is 0 Å². The largest absolute Gasteiger partial charge is 0.324 e. The molecule has 0 spiro atoms. The second-order valence-electron chi connectivity index (χ2n) is 4.60. The summed E-state index contributed by atoms with van der Waals surface area (Å²) in [6, 6.07) is 11.2. The van der Waals surface area contributed by atoms with Crippen molar-refractivity contribution in [3.8, 4) is 0 Å². The number of rotatable bonds is 4. The van der Waals surface area contributed by atoms with Crippen LogP contribution < -0.4 is 5.73 Å². The van der Waals surface area contributed by atoms with Crippen LogP contribution in [0.3, 0.4) is 0 Å². The minimum atomic E-state index is -0.566. The SMILES string of the molecule is CCc1ccccc1C(N)Cc1ccc(F)cc1F. The second-order valence-corrected chi connectivity index (χ2v) is 4.60. The van der Waals surface area contributed by atoms with Crippen LogP contribution in [0.15, 0.2) is 42.5 Å². The molecule has 0 aromatic heterocycles. The maximum Gasteiger partial charge on any atom is 0.129 e. The first-order chi connectivity index (χ1) is 9.11. The zero-order chi connectivity index (χ0) is 13.8. The molecule has 0 aliphatic rings. The summed E-state index contributed by atoms with van der Waals surface area (Å²) in [7, 11) is 0. The highest BCUT2D eigenvalue weighted by molar-refractivity contribution is 5.31. The van der Waals surface area contributed by atoms with Gasteiger partial charge in [-0.2, -0.15) is 0 Å². The summed E-state index contributed by atoms with van der Waals surface area (Å²) in [5.74, 6) is -1.10. The zero-order valence-electron chi connectivity index (χ0n) is 10.9. The molecule has 0 radical (unpaired) electrons. The average molecular weight is 261 g/mol. The first-order valence-electron chi connectivity index (χ1n) is 6.39. The highest BCUT2D eigenvalue weighted by Gasteiger charge is 2.13. The van der Waals surface area contributed by atoms with E-state index in [9.17, 15) is 8.78 Å². The molecule has 1 unspecified atom stereocenters. The van der Waals surface area contributed by atoms with Gasteiger partial charge in [0.2, 0.25) is 0 Å². The Bertz CT molecular complexity index is 566. The molecular weight excluding hydrogens is 244 g/mol. The minimum absolute atomic E-state index is 0.281. The third kappa shape index (κ3) is 3.18. The van der Waals surface area contributed by atoms with Crippen LogP contribution in [0.2, 0.25) is 0 Å². The number of halogens is 2. The predicted molar refractivity (Wildman–Crippen MR) is 72.8 cm³/mol. The highest BCUT2D eigenvalue weighted by Crippen LogP contribution is 2.22. The summed E-state index contributed by atoms with van der Waals surface area (Å²) in [6.45, 7) is 2.06. The highest BCUT2D eigenvalue weighted by atomic mass is 19.1. The van der Waals surface area contributed by atoms with Crippen molar-refractivity contribution in [2.75, 3.05) is 0 Å². The van der Waals surface area contributed by atoms with Gasteiger partial charge in [-0.05, 0) is 35.6 Å². The van der Waals surface area contributed by atoms with Crippen molar-refractivity contribution in [1.29, 1.82) is 0 Å². The molecule has 100 valence electrons. The molecule has 0 aliphatic carbocycles. The average Bonchev–Trinajstić information content (AvgIpc) is 2.41. The van der Waals surface area contributed by atoms with Crippen molar-refractivity contribution in [1.82, 2.24) is 0 Å². The lowest BCUT2D eigenvalue weighted by molar-refractivity contribution is 0.562. The number of hydrogen-bond acceptors (Lipinski definition) is 1. The molecule has 0 aliphatic heterocycles. The lowest BCUT2D eigenvalue weighted by Gasteiger charge is -2.16. The smallest absolute Gasteiger partial charge is 0.129 e. The number of aryl methyl sites for hydroxylation is 1. The zero-order valence-corrected chi connectivity index (χ0v) is 10.9. The Kier molecular flexibility index (Phi) is 4.27. The maximum atomic E-state index is 13.6. The Morgan fingerprint density at radius 1 is 1.05 bits per heavy atom. The van der Waals surface area contributed by atoms with E-state index in [1.54, 1.807) is 0 Å². The van der Waals surface area contributed by atoms with Gasteiger partial charge in [-0.1, -0.05) is 37.3 Å². The molecule has 0 bridgehead atoms. The molecule has 0 saturated heterocycles. The van der Waals surface area contributed by atoms with Gasteiger partial charge in [0, 0.05) is 12.1 Å². The molecular formula is C16H17F2N. The molecule has 2 aromatic rings. The Morgan fingerprint density at radius 3 is 2.47 bits per heavy atom. The van der Waals surface area contributed by atoms with Crippen LogP contribution >= 0.6 is 0 Å². The fourth-order valence-electron chi connectivity index (χ4n) is 2.25. The maximum absolute atomic E-state index is 13.6. The lowest BCUT2D eigenvalue weighted by atomic mass is 9.94. The van der Waals surface area contributed by atoms with Crippen molar-refractivity contribution in [3.63, 3.8) is 0 Å². The minimum Gasteiger partial charge on any atom is -0.324 e. The van der Waals surface area contributed by atoms with E-state index in [0.717, 1.165) is 23.6 Å². The predicted octanol–water partition coefficient (Wildman–Crippen LogP) is 3.77. The molecule has 1 atom stereocenters. The van der Waals surface area contributed by atoms with Gasteiger partial charge in [-0.3, -0.25) is 0 Å². The Balaban J connectivity index is 2.23. The van der Waals surface area contributed by atoms with Gasteiger partial charge in [0.05, 0.1) is 0 Å². The monoisotopic (exact) mass is 261 g/mol. The van der Waals surface area contributed by atoms with Crippen LogP contribution in [0, 0.1) is 11.6 Å². The van der Waals surface area contributed by atoms with Crippen LogP contribution in [0.25, 0.3) is 0 Å². The molecule has 0 saturated carbocycles. The summed E-state index contributed by atoms with van der Waals surface area (Å²) < 4.78 is 26.5. The Morgan fingerprint density at radius 2 is 1.79 bits per heavy atom. The van der Waals surface area contributed by atoms with Gasteiger partial charge >= 0.3 is 0 Å². The third-order valence-corrected chi connectivity index (χ3v) is 3.29. The molecule has 19 heavy (non-hydrogen) atoms. The number of hydrogen-bond donors (Lipinski definition) is 1. The van der Waals surface area contributed by atoms with E-state index < -0.39 is 11.6 Å². The van der Waals surface area contributed by atoms with Gasteiger partial charge in [-0.15, -0.1) is 0 Å². The second kappa shape index (κ2) is 5.93. The first-order valence-corrected chi connectivity index (χ1v) is 6.39. The molecule has 2 aromatic carbocycles. The van der Waals surface area contributed by atoms with E-state index in [-0.39, 0.29) is 6.04 Å². The standard InChI is InChI=1S/C16H17F2N/c1-2-11-5-3-4-6-14(11)16(19)9-12-7-8-13(17)10-15(12)18/h3-8,10,16H,2,9,19H2,1H3. The quantitative estimate of drug-likeness (QED) is 0.890. The van der Waals surface area contributed by atoms with Crippen LogP contribution in [0.4, 0.5) is 8.78 Å². The molecule has 0 amide bonds. The van der Waals surface area contributed by atoms with Crippen LogP contribution in [0.1, 0.15) is 29.7 Å². The fourth-order valence-corrected chi connectivity index (χ4v) is 2.25. The lowest BCUT2D eigenvalue weighted by Crippen LogP contribution is -2.16. The van der Waals surface area contributed by atoms with Gasteiger partial charge in [-0.25, -0.2) is 8.78 Å². The van der Waals surface area contributed by atoms with Crippen LogP contribution in [0.5, 0.6) is 0 Å². The fraction of sp³-hybridized carbons (Fsp3) is 0.250. The van der Waals surface area contributed by atoms with Gasteiger partial charge in [0.15, 0.2) is 0 Å². The molecule has 1 nitrogen and oxygen atoms in total. The van der Waals surface area contributed by atoms with Crippen molar-refractivity contribution in [2.24, 2.45) is 5.73 Å². The first kappa shape index (κ1) is 13.7. The number of benzene rings is 2. The summed E-state index contributed by atoms with van der Waals surface area (Å²) >= 11 is 0. The van der Waals surface area contributed by atoms with Gasteiger partial charge < -0.3 is 5.73 Å². The Hall–Kier alpha value is -1.74. The Labute approximate surface area is 112 Å². The topological polar surface area (TPSA) is 26.0 Å². The van der Waals surface area contributed by atoms with E-state index >= 15 is 0 Å². The summed E-state index contributed by atoms with van der Waals surface area (Å²) in [5.41, 5.74) is 8.78. The van der Waals surface area contributed by atoms with Crippen LogP contribution in [-0.2, 0) is 12.8 Å². The summed E-state index contributed by atoms with van der Waals surface area (Å²) in [5, 5.41) is 0. The van der Waals surface area contributed by atoms with Crippen molar-refractivity contribution >= 4 is 0 Å². The third-order valence-electron chi connectivity index (χ3n) is 3.29. The summed E-state index contributed by atoms with van der Waals surface area (Å²) in [6.07, 6.45) is 1.25. The van der Waals surface area contributed by atoms with E-state index in [2.05, 4.69) is 6.92 Å². The molecule has 0 fully saturated rings. The van der Waals surface area contributed by atoms with Crippen molar-refractivity contribution in [3.05, 3.63) is 70.8 Å². The molecule has 2 N–H and O–H groups in total. The molecule has 3 heteroatoms. The van der Waals surface area contributed by atoms with E-state index in [1.807, 2.05) is 24.3 Å². The number of nitrogens with two attached hydrogens (primary N) is 1. The normalized spacial score (nSPS) is 12.4. The summed E-state index contributed by atoms with van der Waals surface area (Å²) in [4.78, 5) is 0. The van der Waals surface area contributed by atoms with Crippen LogP contribution in [-0.4, -0.2) is 0 Å². The van der Waals surface area contributed by atoms with E-state index in [1.165, 1.54) is 12.1 Å². The van der Waals surface area contributed by atoms with E-state index in [4.69, 9.17) is 5.73 Å². The molecule has 0 heterocycles. The van der Waals surface area contributed by atoms with Crippen molar-refractivity contribution < 1.29 is 8.78 Å².